The van der Waals surface area contributed by atoms with Crippen LogP contribution in [0.4, 0.5) is 11.4 Å². The number of amides is 1. The van der Waals surface area contributed by atoms with E-state index >= 15 is 0 Å². The predicted molar refractivity (Wildman–Crippen MR) is 116 cm³/mol. The third kappa shape index (κ3) is 4.36. The minimum Gasteiger partial charge on any atom is -0.507 e. The molecule has 4 rings (SSSR count). The predicted octanol–water partition coefficient (Wildman–Crippen LogP) is 5.12. The lowest BCUT2D eigenvalue weighted by molar-refractivity contribution is 0.0954. The normalized spacial score (nSPS) is 11.3. The topological polar surface area (TPSA) is 99.3 Å². The Hall–Kier alpha value is -4.39. The number of benzene rings is 3. The molecule has 1 heterocycles. The van der Waals surface area contributed by atoms with Crippen LogP contribution in [0.3, 0.4) is 0 Å². The van der Waals surface area contributed by atoms with Crippen molar-refractivity contribution in [1.82, 2.24) is 10.4 Å². The molecule has 0 unspecified atom stereocenters. The lowest BCUT2D eigenvalue weighted by atomic mass is 10.1. The molecule has 7 heteroatoms. The molecular formula is C23H17N5O2. The number of aromatic nitrogens is 1. The molecule has 2 N–H and O–H groups in total. The first-order valence-corrected chi connectivity index (χ1v) is 9.17. The van der Waals surface area contributed by atoms with Crippen LogP contribution in [-0.2, 0) is 0 Å². The summed E-state index contributed by atoms with van der Waals surface area (Å²) in [6.45, 7) is 0. The molecule has 146 valence electrons. The summed E-state index contributed by atoms with van der Waals surface area (Å²) in [5.41, 5.74) is 4.47. The molecule has 0 radical (unpaired) electrons. The fourth-order valence-corrected chi connectivity index (χ4v) is 2.84. The number of hydrogen-bond donors (Lipinski definition) is 2. The van der Waals surface area contributed by atoms with Gasteiger partial charge in [-0.15, -0.1) is 5.11 Å². The fraction of sp³-hybridized carbons (Fsp3) is 0. The van der Waals surface area contributed by atoms with Gasteiger partial charge in [-0.1, -0.05) is 36.4 Å². The summed E-state index contributed by atoms with van der Waals surface area (Å²) < 4.78 is 0. The zero-order valence-corrected chi connectivity index (χ0v) is 15.8. The van der Waals surface area contributed by atoms with E-state index in [0.29, 0.717) is 16.8 Å². The standard InChI is InChI=1S/C23H17N5O2/c29-22-11-10-19(26-27-21-9-3-6-16-5-1-2-8-20(16)21)13-18(22)15-25-28-23(30)17-7-4-12-24-14-17/h1-15,29H,(H,28,30)/b25-15-,27-26?. The van der Waals surface area contributed by atoms with Crippen molar-refractivity contribution >= 4 is 34.3 Å². The van der Waals surface area contributed by atoms with Crippen LogP contribution in [0.15, 0.2) is 101 Å². The van der Waals surface area contributed by atoms with E-state index in [1.54, 1.807) is 30.5 Å². The SMILES string of the molecule is O=C(N/N=C\c1cc(N=Nc2cccc3ccccc23)ccc1O)c1cccnc1. The van der Waals surface area contributed by atoms with Crippen molar-refractivity contribution in [3.8, 4) is 5.75 Å². The van der Waals surface area contributed by atoms with Crippen molar-refractivity contribution in [3.63, 3.8) is 0 Å². The van der Waals surface area contributed by atoms with Gasteiger partial charge in [-0.3, -0.25) is 9.78 Å². The lowest BCUT2D eigenvalue weighted by Crippen LogP contribution is -2.17. The first kappa shape index (κ1) is 18.9. The molecule has 30 heavy (non-hydrogen) atoms. The van der Waals surface area contributed by atoms with Crippen LogP contribution in [0.25, 0.3) is 10.8 Å². The number of nitrogens with zero attached hydrogens (tertiary/aromatic N) is 4. The number of azo groups is 1. The summed E-state index contributed by atoms with van der Waals surface area (Å²) in [6.07, 6.45) is 4.37. The quantitative estimate of drug-likeness (QED) is 0.279. The third-order valence-corrected chi connectivity index (χ3v) is 4.34. The van der Waals surface area contributed by atoms with Gasteiger partial charge >= 0.3 is 0 Å². The van der Waals surface area contributed by atoms with E-state index in [9.17, 15) is 9.90 Å². The van der Waals surface area contributed by atoms with Crippen LogP contribution in [0.2, 0.25) is 0 Å². The van der Waals surface area contributed by atoms with Crippen molar-refractivity contribution in [2.75, 3.05) is 0 Å². The minimum atomic E-state index is -0.398. The Morgan fingerprint density at radius 2 is 1.83 bits per heavy atom. The number of phenolic OH excluding ortho intramolecular Hbond substituents is 1. The highest BCUT2D eigenvalue weighted by Crippen LogP contribution is 2.28. The number of fused-ring (bicyclic) bond motifs is 1. The zero-order valence-electron chi connectivity index (χ0n) is 15.8. The Labute approximate surface area is 172 Å². The maximum atomic E-state index is 12.0. The van der Waals surface area contributed by atoms with Crippen LogP contribution in [0.5, 0.6) is 5.75 Å². The number of hydrazone groups is 1. The summed E-state index contributed by atoms with van der Waals surface area (Å²) in [5.74, 6) is -0.385. The third-order valence-electron chi connectivity index (χ3n) is 4.34. The van der Waals surface area contributed by atoms with Crippen LogP contribution in [-0.4, -0.2) is 22.2 Å². The smallest absolute Gasteiger partial charge is 0.272 e. The van der Waals surface area contributed by atoms with E-state index in [1.807, 2.05) is 42.5 Å². The molecule has 0 bridgehead atoms. The number of aromatic hydroxyl groups is 1. The first-order valence-electron chi connectivity index (χ1n) is 9.17. The number of carbonyl (C=O) groups excluding carboxylic acids is 1. The minimum absolute atomic E-state index is 0.0125. The van der Waals surface area contributed by atoms with Gasteiger partial charge in [0.2, 0.25) is 0 Å². The average molecular weight is 395 g/mol. The van der Waals surface area contributed by atoms with Gasteiger partial charge in [-0.2, -0.15) is 10.2 Å². The van der Waals surface area contributed by atoms with Crippen LogP contribution in [0, 0.1) is 0 Å². The second kappa shape index (κ2) is 8.74. The summed E-state index contributed by atoms with van der Waals surface area (Å²) >= 11 is 0. The maximum absolute atomic E-state index is 12.0. The summed E-state index contributed by atoms with van der Waals surface area (Å²) in [6, 6.07) is 21.8. The molecular weight excluding hydrogens is 378 g/mol. The van der Waals surface area contributed by atoms with Crippen LogP contribution in [0.1, 0.15) is 15.9 Å². The lowest BCUT2D eigenvalue weighted by Gasteiger charge is -2.02. The van der Waals surface area contributed by atoms with Crippen molar-refractivity contribution in [2.24, 2.45) is 15.3 Å². The van der Waals surface area contributed by atoms with Crippen molar-refractivity contribution in [2.45, 2.75) is 0 Å². The Kier molecular flexibility index (Phi) is 5.52. The summed E-state index contributed by atoms with van der Waals surface area (Å²) in [7, 11) is 0. The van der Waals surface area contributed by atoms with E-state index in [0.717, 1.165) is 16.5 Å². The average Bonchev–Trinajstić information content (AvgIpc) is 2.80. The van der Waals surface area contributed by atoms with Gasteiger partial charge in [-0.05, 0) is 41.8 Å². The zero-order chi connectivity index (χ0) is 20.8. The van der Waals surface area contributed by atoms with Gasteiger partial charge in [0.1, 0.15) is 5.75 Å². The highest BCUT2D eigenvalue weighted by molar-refractivity contribution is 5.95. The first-order chi connectivity index (χ1) is 14.7. The molecule has 0 saturated carbocycles. The Morgan fingerprint density at radius 3 is 2.70 bits per heavy atom. The molecule has 0 aliphatic rings. The molecule has 0 aliphatic carbocycles. The fourth-order valence-electron chi connectivity index (χ4n) is 2.84. The van der Waals surface area contributed by atoms with Gasteiger partial charge < -0.3 is 5.11 Å². The Balaban J connectivity index is 1.51. The van der Waals surface area contributed by atoms with E-state index in [4.69, 9.17) is 0 Å². The number of phenols is 1. The van der Waals surface area contributed by atoms with E-state index in [2.05, 4.69) is 25.7 Å². The van der Waals surface area contributed by atoms with E-state index < -0.39 is 5.91 Å². The molecule has 0 aliphatic heterocycles. The summed E-state index contributed by atoms with van der Waals surface area (Å²) in [4.78, 5) is 15.9. The summed E-state index contributed by atoms with van der Waals surface area (Å²) in [5, 5.41) is 24.7. The highest BCUT2D eigenvalue weighted by Gasteiger charge is 2.04. The van der Waals surface area contributed by atoms with E-state index in [1.165, 1.54) is 18.5 Å². The van der Waals surface area contributed by atoms with Crippen molar-refractivity contribution in [1.29, 1.82) is 0 Å². The van der Waals surface area contributed by atoms with E-state index in [-0.39, 0.29) is 5.75 Å². The number of hydrogen-bond acceptors (Lipinski definition) is 6. The second-order valence-electron chi connectivity index (χ2n) is 6.38. The number of carbonyl (C=O) groups is 1. The Bertz CT molecular complexity index is 1250. The Morgan fingerprint density at radius 1 is 0.967 bits per heavy atom. The second-order valence-corrected chi connectivity index (χ2v) is 6.38. The molecule has 7 nitrogen and oxygen atoms in total. The molecule has 0 atom stereocenters. The van der Waals surface area contributed by atoms with Gasteiger partial charge in [0.15, 0.2) is 0 Å². The maximum Gasteiger partial charge on any atom is 0.272 e. The number of nitrogens with one attached hydrogen (secondary N) is 1. The largest absolute Gasteiger partial charge is 0.507 e. The molecule has 1 amide bonds. The van der Waals surface area contributed by atoms with Crippen LogP contribution < -0.4 is 5.43 Å². The molecule has 3 aromatic carbocycles. The van der Waals surface area contributed by atoms with Crippen molar-refractivity contribution in [3.05, 3.63) is 96.3 Å². The van der Waals surface area contributed by atoms with Gasteiger partial charge in [0, 0.05) is 23.3 Å². The number of pyridine rings is 1. The molecule has 1 aromatic heterocycles. The van der Waals surface area contributed by atoms with Gasteiger partial charge in [0.05, 0.1) is 23.2 Å². The molecule has 4 aromatic rings. The highest BCUT2D eigenvalue weighted by atomic mass is 16.3. The molecule has 0 saturated heterocycles. The van der Waals surface area contributed by atoms with Gasteiger partial charge in [-0.25, -0.2) is 5.43 Å². The van der Waals surface area contributed by atoms with Crippen molar-refractivity contribution < 1.29 is 9.90 Å². The van der Waals surface area contributed by atoms with Gasteiger partial charge in [0.25, 0.3) is 5.91 Å². The molecule has 0 spiro atoms. The van der Waals surface area contributed by atoms with Crippen LogP contribution >= 0.6 is 0 Å². The number of rotatable bonds is 5. The molecule has 0 fully saturated rings. The monoisotopic (exact) mass is 395 g/mol.